The fraction of sp³-hybridized carbons (Fsp3) is 0.357. The SMILES string of the molecule is Cc1nn(-c2cccc(F)c2[C@H](C)N)c(C)c1C. The van der Waals surface area contributed by atoms with Crippen LogP contribution in [0.1, 0.15) is 35.5 Å². The summed E-state index contributed by atoms with van der Waals surface area (Å²) in [5.41, 5.74) is 10.2. The van der Waals surface area contributed by atoms with Gasteiger partial charge in [-0.25, -0.2) is 9.07 Å². The highest BCUT2D eigenvalue weighted by Crippen LogP contribution is 2.25. The highest BCUT2D eigenvalue weighted by molar-refractivity contribution is 5.45. The van der Waals surface area contributed by atoms with E-state index in [9.17, 15) is 4.39 Å². The van der Waals surface area contributed by atoms with Crippen LogP contribution < -0.4 is 5.73 Å². The maximum absolute atomic E-state index is 13.9. The van der Waals surface area contributed by atoms with Crippen LogP contribution in [0.15, 0.2) is 18.2 Å². The maximum Gasteiger partial charge on any atom is 0.130 e. The van der Waals surface area contributed by atoms with Crippen LogP contribution in [0.4, 0.5) is 4.39 Å². The molecule has 2 aromatic rings. The van der Waals surface area contributed by atoms with E-state index in [-0.39, 0.29) is 11.9 Å². The Morgan fingerprint density at radius 2 is 1.94 bits per heavy atom. The zero-order valence-electron chi connectivity index (χ0n) is 11.2. The third-order valence-corrected chi connectivity index (χ3v) is 3.37. The van der Waals surface area contributed by atoms with Crippen molar-refractivity contribution in [3.8, 4) is 5.69 Å². The monoisotopic (exact) mass is 247 g/mol. The molecule has 1 aromatic heterocycles. The van der Waals surface area contributed by atoms with Crippen LogP contribution in [-0.4, -0.2) is 9.78 Å². The van der Waals surface area contributed by atoms with Gasteiger partial charge in [0.1, 0.15) is 5.82 Å². The Balaban J connectivity index is 2.71. The minimum atomic E-state index is -0.370. The first-order valence-electron chi connectivity index (χ1n) is 6.00. The van der Waals surface area contributed by atoms with Crippen LogP contribution in [0, 0.1) is 26.6 Å². The van der Waals surface area contributed by atoms with Crippen LogP contribution in [0.2, 0.25) is 0 Å². The summed E-state index contributed by atoms with van der Waals surface area (Å²) < 4.78 is 15.7. The fourth-order valence-corrected chi connectivity index (χ4v) is 2.12. The molecule has 96 valence electrons. The lowest BCUT2D eigenvalue weighted by atomic mass is 10.1. The Kier molecular flexibility index (Phi) is 3.22. The van der Waals surface area contributed by atoms with Crippen molar-refractivity contribution in [3.63, 3.8) is 0 Å². The molecule has 2 N–H and O–H groups in total. The number of aromatic nitrogens is 2. The topological polar surface area (TPSA) is 43.8 Å². The van der Waals surface area contributed by atoms with Gasteiger partial charge < -0.3 is 5.73 Å². The van der Waals surface area contributed by atoms with Crippen molar-refractivity contribution in [2.24, 2.45) is 5.73 Å². The highest BCUT2D eigenvalue weighted by atomic mass is 19.1. The van der Waals surface area contributed by atoms with Gasteiger partial charge in [0.2, 0.25) is 0 Å². The Hall–Kier alpha value is -1.68. The van der Waals surface area contributed by atoms with Gasteiger partial charge in [-0.15, -0.1) is 0 Å². The van der Waals surface area contributed by atoms with E-state index in [4.69, 9.17) is 5.73 Å². The molecule has 0 radical (unpaired) electrons. The predicted molar refractivity (Wildman–Crippen MR) is 70.3 cm³/mol. The third-order valence-electron chi connectivity index (χ3n) is 3.37. The molecule has 0 spiro atoms. The summed E-state index contributed by atoms with van der Waals surface area (Å²) in [5.74, 6) is -0.285. The number of aryl methyl sites for hydroxylation is 1. The molecule has 0 amide bonds. The molecular weight excluding hydrogens is 229 g/mol. The summed E-state index contributed by atoms with van der Waals surface area (Å²) in [7, 11) is 0. The van der Waals surface area contributed by atoms with Gasteiger partial charge in [0.15, 0.2) is 0 Å². The second kappa shape index (κ2) is 4.53. The molecule has 1 heterocycles. The van der Waals surface area contributed by atoms with E-state index in [1.807, 2.05) is 26.8 Å². The van der Waals surface area contributed by atoms with E-state index in [1.54, 1.807) is 17.7 Å². The Labute approximate surface area is 106 Å². The Morgan fingerprint density at radius 3 is 2.44 bits per heavy atom. The Morgan fingerprint density at radius 1 is 1.28 bits per heavy atom. The number of benzene rings is 1. The van der Waals surface area contributed by atoms with Crippen LogP contribution in [0.3, 0.4) is 0 Å². The molecule has 4 heteroatoms. The minimum Gasteiger partial charge on any atom is -0.324 e. The fourth-order valence-electron chi connectivity index (χ4n) is 2.12. The molecule has 1 aromatic carbocycles. The zero-order chi connectivity index (χ0) is 13.4. The van der Waals surface area contributed by atoms with Crippen LogP contribution in [0.5, 0.6) is 0 Å². The smallest absolute Gasteiger partial charge is 0.130 e. The van der Waals surface area contributed by atoms with Crippen LogP contribution in [-0.2, 0) is 0 Å². The first-order chi connectivity index (χ1) is 8.43. The number of halogens is 1. The zero-order valence-corrected chi connectivity index (χ0v) is 11.2. The van der Waals surface area contributed by atoms with Gasteiger partial charge in [0, 0.05) is 17.3 Å². The number of hydrogen-bond acceptors (Lipinski definition) is 2. The second-order valence-electron chi connectivity index (χ2n) is 4.67. The number of nitrogens with zero attached hydrogens (tertiary/aromatic N) is 2. The molecule has 0 saturated heterocycles. The van der Waals surface area contributed by atoms with Crippen molar-refractivity contribution in [2.75, 3.05) is 0 Å². The first-order valence-corrected chi connectivity index (χ1v) is 6.00. The van der Waals surface area contributed by atoms with Crippen LogP contribution >= 0.6 is 0 Å². The number of nitrogens with two attached hydrogens (primary N) is 1. The van der Waals surface area contributed by atoms with Gasteiger partial charge in [-0.3, -0.25) is 0 Å². The quantitative estimate of drug-likeness (QED) is 0.886. The van der Waals surface area contributed by atoms with Crippen molar-refractivity contribution in [1.82, 2.24) is 9.78 Å². The van der Waals surface area contributed by atoms with E-state index in [1.165, 1.54) is 6.07 Å². The van der Waals surface area contributed by atoms with Crippen molar-refractivity contribution in [2.45, 2.75) is 33.7 Å². The maximum atomic E-state index is 13.9. The minimum absolute atomic E-state index is 0.285. The van der Waals surface area contributed by atoms with Gasteiger partial charge >= 0.3 is 0 Å². The first kappa shape index (κ1) is 12.8. The molecule has 0 fully saturated rings. The standard InChI is InChI=1S/C14H18FN3/c1-8-10(3)17-18(11(8)4)13-7-5-6-12(15)14(13)9(2)16/h5-7,9H,16H2,1-4H3/t9-/m0/s1. The summed E-state index contributed by atoms with van der Waals surface area (Å²) in [5, 5.41) is 4.46. The molecule has 3 nitrogen and oxygen atoms in total. The third kappa shape index (κ3) is 1.93. The molecule has 2 rings (SSSR count). The lowest BCUT2D eigenvalue weighted by molar-refractivity contribution is 0.588. The van der Waals surface area contributed by atoms with Crippen molar-refractivity contribution < 1.29 is 4.39 Å². The van der Waals surface area contributed by atoms with Gasteiger partial charge in [-0.05, 0) is 45.4 Å². The van der Waals surface area contributed by atoms with E-state index < -0.39 is 0 Å². The molecule has 0 aliphatic rings. The molecule has 1 atom stereocenters. The van der Waals surface area contributed by atoms with Crippen molar-refractivity contribution >= 4 is 0 Å². The van der Waals surface area contributed by atoms with Gasteiger partial charge in [0.05, 0.1) is 11.4 Å². The summed E-state index contributed by atoms with van der Waals surface area (Å²) in [6.07, 6.45) is 0. The van der Waals surface area contributed by atoms with Gasteiger partial charge in [-0.2, -0.15) is 5.10 Å². The normalized spacial score (nSPS) is 12.8. The average Bonchev–Trinajstić information content (AvgIpc) is 2.56. The summed E-state index contributed by atoms with van der Waals surface area (Å²) in [4.78, 5) is 0. The molecule has 0 bridgehead atoms. The highest BCUT2D eigenvalue weighted by Gasteiger charge is 2.17. The summed E-state index contributed by atoms with van der Waals surface area (Å²) >= 11 is 0. The molecular formula is C14H18FN3. The largest absolute Gasteiger partial charge is 0.324 e. The molecule has 0 unspecified atom stereocenters. The number of rotatable bonds is 2. The van der Waals surface area contributed by atoms with Crippen LogP contribution in [0.25, 0.3) is 5.69 Å². The van der Waals surface area contributed by atoms with Crippen molar-refractivity contribution in [1.29, 1.82) is 0 Å². The van der Waals surface area contributed by atoms with E-state index in [0.29, 0.717) is 5.56 Å². The van der Waals surface area contributed by atoms with Gasteiger partial charge in [0.25, 0.3) is 0 Å². The summed E-state index contributed by atoms with van der Waals surface area (Å²) in [6.45, 7) is 7.72. The Bertz CT molecular complexity index is 585. The lowest BCUT2D eigenvalue weighted by Gasteiger charge is -2.15. The van der Waals surface area contributed by atoms with E-state index in [0.717, 1.165) is 22.6 Å². The lowest BCUT2D eigenvalue weighted by Crippen LogP contribution is -2.13. The molecule has 0 aliphatic heterocycles. The molecule has 18 heavy (non-hydrogen) atoms. The predicted octanol–water partition coefficient (Wildman–Crippen LogP) is 2.96. The number of hydrogen-bond donors (Lipinski definition) is 1. The van der Waals surface area contributed by atoms with E-state index >= 15 is 0 Å². The molecule has 0 aliphatic carbocycles. The van der Waals surface area contributed by atoms with Crippen molar-refractivity contribution in [3.05, 3.63) is 46.5 Å². The summed E-state index contributed by atoms with van der Waals surface area (Å²) in [6, 6.07) is 4.59. The van der Waals surface area contributed by atoms with Gasteiger partial charge in [-0.1, -0.05) is 6.07 Å². The average molecular weight is 247 g/mol. The second-order valence-corrected chi connectivity index (χ2v) is 4.67. The molecule has 0 saturated carbocycles. The van der Waals surface area contributed by atoms with E-state index in [2.05, 4.69) is 5.10 Å².